The summed E-state index contributed by atoms with van der Waals surface area (Å²) in [4.78, 5) is 0. The standard InChI is InChI=1S/C10H16BrN3/c11-9-7-14(13-10(9)12)8-5-3-1-2-4-6-8/h7-8H,1-6H2,(H2,12,13). The van der Waals surface area contributed by atoms with Crippen LogP contribution in [0.1, 0.15) is 44.6 Å². The van der Waals surface area contributed by atoms with Crippen LogP contribution in [0, 0.1) is 0 Å². The predicted octanol–water partition coefficient (Wildman–Crippen LogP) is 3.12. The van der Waals surface area contributed by atoms with E-state index in [9.17, 15) is 0 Å². The van der Waals surface area contributed by atoms with Gasteiger partial charge in [-0.1, -0.05) is 25.7 Å². The Balaban J connectivity index is 2.12. The fraction of sp³-hybridized carbons (Fsp3) is 0.700. The van der Waals surface area contributed by atoms with Crippen molar-refractivity contribution in [1.82, 2.24) is 9.78 Å². The summed E-state index contributed by atoms with van der Waals surface area (Å²) in [5, 5.41) is 4.32. The second-order valence-corrected chi connectivity index (χ2v) is 4.84. The lowest BCUT2D eigenvalue weighted by Crippen LogP contribution is -2.08. The number of nitrogens with two attached hydrogens (primary N) is 1. The van der Waals surface area contributed by atoms with Crippen LogP contribution in [0.5, 0.6) is 0 Å². The van der Waals surface area contributed by atoms with Gasteiger partial charge in [-0.3, -0.25) is 4.68 Å². The van der Waals surface area contributed by atoms with Crippen molar-refractivity contribution in [2.75, 3.05) is 5.73 Å². The summed E-state index contributed by atoms with van der Waals surface area (Å²) in [6.07, 6.45) is 9.87. The van der Waals surface area contributed by atoms with Crippen molar-refractivity contribution in [3.63, 3.8) is 0 Å². The second kappa shape index (κ2) is 4.34. The highest BCUT2D eigenvalue weighted by atomic mass is 79.9. The van der Waals surface area contributed by atoms with Gasteiger partial charge in [0.05, 0.1) is 10.5 Å². The Kier molecular flexibility index (Phi) is 3.11. The zero-order valence-corrected chi connectivity index (χ0v) is 9.83. The van der Waals surface area contributed by atoms with Gasteiger partial charge in [0.25, 0.3) is 0 Å². The van der Waals surface area contributed by atoms with Crippen LogP contribution in [0.3, 0.4) is 0 Å². The summed E-state index contributed by atoms with van der Waals surface area (Å²) in [7, 11) is 0. The first kappa shape index (κ1) is 10.0. The second-order valence-electron chi connectivity index (χ2n) is 3.99. The molecule has 0 unspecified atom stereocenters. The summed E-state index contributed by atoms with van der Waals surface area (Å²) in [6.45, 7) is 0. The molecule has 1 fully saturated rings. The molecule has 1 heterocycles. The molecule has 78 valence electrons. The van der Waals surface area contributed by atoms with Crippen LogP contribution in [0.4, 0.5) is 5.82 Å². The molecule has 2 rings (SSSR count). The molecule has 1 aromatic rings. The minimum absolute atomic E-state index is 0.561. The Morgan fingerprint density at radius 3 is 2.43 bits per heavy atom. The molecule has 0 saturated heterocycles. The summed E-state index contributed by atoms with van der Waals surface area (Å²) < 4.78 is 2.95. The molecular weight excluding hydrogens is 242 g/mol. The van der Waals surface area contributed by atoms with E-state index in [1.807, 2.05) is 10.9 Å². The highest BCUT2D eigenvalue weighted by Gasteiger charge is 2.15. The summed E-state index contributed by atoms with van der Waals surface area (Å²) in [6, 6.07) is 0.561. The van der Waals surface area contributed by atoms with E-state index in [0.717, 1.165) is 4.47 Å². The topological polar surface area (TPSA) is 43.8 Å². The molecule has 0 atom stereocenters. The quantitative estimate of drug-likeness (QED) is 0.786. The molecule has 0 aliphatic heterocycles. The average Bonchev–Trinajstić information content (AvgIpc) is 2.46. The first-order valence-corrected chi connectivity index (χ1v) is 6.07. The fourth-order valence-corrected chi connectivity index (χ4v) is 2.38. The predicted molar refractivity (Wildman–Crippen MR) is 61.1 cm³/mol. The number of halogens is 1. The van der Waals surface area contributed by atoms with Crippen LogP contribution in [0.15, 0.2) is 10.7 Å². The van der Waals surface area contributed by atoms with Crippen molar-refractivity contribution >= 4 is 21.7 Å². The van der Waals surface area contributed by atoms with E-state index in [-0.39, 0.29) is 0 Å². The maximum atomic E-state index is 5.71. The van der Waals surface area contributed by atoms with Crippen molar-refractivity contribution in [2.45, 2.75) is 44.6 Å². The number of rotatable bonds is 1. The van der Waals surface area contributed by atoms with Crippen LogP contribution in [-0.4, -0.2) is 9.78 Å². The van der Waals surface area contributed by atoms with E-state index in [2.05, 4.69) is 21.0 Å². The number of nitrogens with zero attached hydrogens (tertiary/aromatic N) is 2. The van der Waals surface area contributed by atoms with Crippen molar-refractivity contribution in [2.24, 2.45) is 0 Å². The zero-order chi connectivity index (χ0) is 9.97. The molecule has 0 radical (unpaired) electrons. The van der Waals surface area contributed by atoms with Crippen molar-refractivity contribution in [1.29, 1.82) is 0 Å². The molecule has 1 aliphatic rings. The molecule has 4 heteroatoms. The molecule has 1 aromatic heterocycles. The molecule has 0 spiro atoms. The van der Waals surface area contributed by atoms with Gasteiger partial charge in [0.2, 0.25) is 0 Å². The van der Waals surface area contributed by atoms with E-state index in [1.54, 1.807) is 0 Å². The van der Waals surface area contributed by atoms with Gasteiger partial charge in [0.15, 0.2) is 5.82 Å². The largest absolute Gasteiger partial charge is 0.381 e. The third-order valence-corrected chi connectivity index (χ3v) is 3.52. The highest BCUT2D eigenvalue weighted by molar-refractivity contribution is 9.10. The SMILES string of the molecule is Nc1nn(C2CCCCCC2)cc1Br. The van der Waals surface area contributed by atoms with Gasteiger partial charge < -0.3 is 5.73 Å². The third kappa shape index (κ3) is 2.11. The Bertz CT molecular complexity index is 281. The van der Waals surface area contributed by atoms with E-state index in [4.69, 9.17) is 5.73 Å². The van der Waals surface area contributed by atoms with Gasteiger partial charge in [-0.2, -0.15) is 5.10 Å². The number of nitrogen functional groups attached to an aromatic ring is 1. The zero-order valence-electron chi connectivity index (χ0n) is 8.25. The molecule has 14 heavy (non-hydrogen) atoms. The van der Waals surface area contributed by atoms with Crippen LogP contribution in [0.25, 0.3) is 0 Å². The van der Waals surface area contributed by atoms with Crippen molar-refractivity contribution < 1.29 is 0 Å². The van der Waals surface area contributed by atoms with Crippen molar-refractivity contribution in [3.05, 3.63) is 10.7 Å². The Labute approximate surface area is 92.8 Å². The maximum absolute atomic E-state index is 5.71. The van der Waals surface area contributed by atoms with Gasteiger partial charge >= 0.3 is 0 Å². The Morgan fingerprint density at radius 1 is 1.29 bits per heavy atom. The van der Waals surface area contributed by atoms with Crippen LogP contribution < -0.4 is 5.73 Å². The lowest BCUT2D eigenvalue weighted by molar-refractivity contribution is 0.406. The van der Waals surface area contributed by atoms with Crippen LogP contribution in [-0.2, 0) is 0 Å². The number of aromatic nitrogens is 2. The number of hydrogen-bond acceptors (Lipinski definition) is 2. The minimum Gasteiger partial charge on any atom is -0.381 e. The Hall–Kier alpha value is -0.510. The normalized spacial score (nSPS) is 19.5. The highest BCUT2D eigenvalue weighted by Crippen LogP contribution is 2.28. The van der Waals surface area contributed by atoms with Crippen LogP contribution >= 0.6 is 15.9 Å². The first-order valence-electron chi connectivity index (χ1n) is 5.27. The molecule has 3 nitrogen and oxygen atoms in total. The first-order chi connectivity index (χ1) is 6.77. The molecule has 1 aliphatic carbocycles. The molecule has 1 saturated carbocycles. The third-order valence-electron chi connectivity index (χ3n) is 2.91. The van der Waals surface area contributed by atoms with Gasteiger partial charge in [-0.05, 0) is 28.8 Å². The van der Waals surface area contributed by atoms with E-state index in [0.29, 0.717) is 11.9 Å². The Morgan fingerprint density at radius 2 is 1.93 bits per heavy atom. The number of hydrogen-bond donors (Lipinski definition) is 1. The summed E-state index contributed by atoms with van der Waals surface area (Å²) in [5.74, 6) is 0.606. The van der Waals surface area contributed by atoms with Gasteiger partial charge in [0, 0.05) is 6.20 Å². The molecular formula is C10H16BrN3. The van der Waals surface area contributed by atoms with Crippen LogP contribution in [0.2, 0.25) is 0 Å². The average molecular weight is 258 g/mol. The number of anilines is 1. The maximum Gasteiger partial charge on any atom is 0.159 e. The van der Waals surface area contributed by atoms with E-state index < -0.39 is 0 Å². The minimum atomic E-state index is 0.561. The lowest BCUT2D eigenvalue weighted by Gasteiger charge is -2.13. The van der Waals surface area contributed by atoms with Gasteiger partial charge in [0.1, 0.15) is 0 Å². The summed E-state index contributed by atoms with van der Waals surface area (Å²) >= 11 is 3.39. The van der Waals surface area contributed by atoms with E-state index in [1.165, 1.54) is 38.5 Å². The lowest BCUT2D eigenvalue weighted by atomic mass is 10.1. The molecule has 0 amide bonds. The van der Waals surface area contributed by atoms with Gasteiger partial charge in [-0.15, -0.1) is 0 Å². The van der Waals surface area contributed by atoms with Gasteiger partial charge in [-0.25, -0.2) is 0 Å². The monoisotopic (exact) mass is 257 g/mol. The molecule has 0 aromatic carbocycles. The van der Waals surface area contributed by atoms with Crippen molar-refractivity contribution in [3.8, 4) is 0 Å². The molecule has 2 N–H and O–H groups in total. The fourth-order valence-electron chi connectivity index (χ4n) is 2.09. The smallest absolute Gasteiger partial charge is 0.159 e. The molecule has 0 bridgehead atoms. The summed E-state index contributed by atoms with van der Waals surface area (Å²) in [5.41, 5.74) is 5.71. The van der Waals surface area contributed by atoms with E-state index >= 15 is 0 Å².